The second kappa shape index (κ2) is 48.1. The van der Waals surface area contributed by atoms with Crippen LogP contribution < -0.4 is 10.2 Å². The van der Waals surface area contributed by atoms with Crippen LogP contribution in [0.4, 0.5) is 0 Å². The summed E-state index contributed by atoms with van der Waals surface area (Å²) in [4.78, 5) is 26.9. The maximum Gasteiger partial charge on any atom is 2.00 e. The largest absolute Gasteiger partial charge is 2.00 e. The van der Waals surface area contributed by atoms with Gasteiger partial charge in [0.05, 0.1) is 11.9 Å². The van der Waals surface area contributed by atoms with Crippen LogP contribution in [0.3, 0.4) is 0 Å². The van der Waals surface area contributed by atoms with Gasteiger partial charge in [0.15, 0.2) is 0 Å². The Hall–Kier alpha value is -0.920. The molecule has 59 heavy (non-hydrogen) atoms. The smallest absolute Gasteiger partial charge is 0.549 e. The van der Waals surface area contributed by atoms with E-state index in [2.05, 4.69) is 114 Å². The van der Waals surface area contributed by atoms with Gasteiger partial charge in [0.2, 0.25) is 0 Å². The molecule has 0 aromatic heterocycles. The summed E-state index contributed by atoms with van der Waals surface area (Å²) in [5, 5.41) is 22.6. The van der Waals surface area contributed by atoms with Crippen molar-refractivity contribution in [1.82, 2.24) is 9.80 Å². The molecule has 4 atom stereocenters. The molecule has 0 N–H and O–H groups in total. The van der Waals surface area contributed by atoms with Crippen molar-refractivity contribution in [1.29, 1.82) is 0 Å². The number of carbonyl (C=O) groups is 2. The van der Waals surface area contributed by atoms with Crippen molar-refractivity contribution >= 4 is 49.7 Å². The minimum atomic E-state index is -0.938. The molecule has 0 aliphatic rings. The normalized spacial score (nSPS) is 14.0. The third kappa shape index (κ3) is 43.5. The van der Waals surface area contributed by atoms with Gasteiger partial charge in [-0.05, 0) is 128 Å². The van der Waals surface area contributed by atoms with Crippen LogP contribution in [0.25, 0.3) is 0 Å². The second-order valence-electron chi connectivity index (χ2n) is 17.1. The molecule has 0 fully saturated rings. The first kappa shape index (κ1) is 62.4. The molecule has 0 aromatic rings. The summed E-state index contributed by atoms with van der Waals surface area (Å²) < 4.78 is 0. The van der Waals surface area contributed by atoms with Crippen molar-refractivity contribution in [2.45, 2.75) is 209 Å². The van der Waals surface area contributed by atoms with Gasteiger partial charge < -0.3 is 19.8 Å². The predicted octanol–water partition coefficient (Wildman–Crippen LogP) is 11.9. The quantitative estimate of drug-likeness (QED) is 0.0347. The second-order valence-corrected chi connectivity index (χ2v) is 17.1. The third-order valence-electron chi connectivity index (χ3n) is 12.0. The van der Waals surface area contributed by atoms with Gasteiger partial charge in [-0.3, -0.25) is 9.80 Å². The first-order valence-corrected chi connectivity index (χ1v) is 24.4. The Morgan fingerprint density at radius 1 is 0.407 bits per heavy atom. The van der Waals surface area contributed by atoms with E-state index in [1.165, 1.54) is 128 Å². The van der Waals surface area contributed by atoms with Crippen molar-refractivity contribution in [2.24, 2.45) is 23.7 Å². The molecule has 0 saturated heterocycles. The van der Waals surface area contributed by atoms with Crippen LogP contribution in [0.1, 0.15) is 209 Å². The Bertz CT molecular complexity index is 884. The first-order valence-electron chi connectivity index (χ1n) is 24.4. The molecule has 0 spiro atoms. The third-order valence-corrected chi connectivity index (χ3v) is 12.0. The molecule has 0 rings (SSSR count). The van der Waals surface area contributed by atoms with Gasteiger partial charge in [-0.25, -0.2) is 0 Å². The minimum Gasteiger partial charge on any atom is -0.549 e. The maximum absolute atomic E-state index is 11.3. The van der Waals surface area contributed by atoms with E-state index >= 15 is 0 Å². The van der Waals surface area contributed by atoms with Crippen LogP contribution >= 0.6 is 0 Å². The first-order chi connectivity index (χ1) is 28.1. The number of hydrogen-bond donors (Lipinski definition) is 0. The SMILES string of the molecule is C/C=C/CCCCCC(CC)CN(CC(=O)[O-])CC(CC)CCCCC/C=C/C.C/C=C/CCCCCC(CC)CN(CC(=O)[O-])CC(CC)CCCCC/C=C/C.[Ca+2]. The summed E-state index contributed by atoms with van der Waals surface area (Å²) in [6.07, 6.45) is 46.6. The van der Waals surface area contributed by atoms with Crippen molar-refractivity contribution in [3.8, 4) is 0 Å². The van der Waals surface area contributed by atoms with Gasteiger partial charge >= 0.3 is 37.7 Å². The Morgan fingerprint density at radius 2 is 0.627 bits per heavy atom. The number of unbranched alkanes of at least 4 members (excludes halogenated alkanes) is 12. The van der Waals surface area contributed by atoms with E-state index in [1.807, 2.05) is 0 Å². The van der Waals surface area contributed by atoms with E-state index in [0.717, 1.165) is 51.9 Å². The molecule has 340 valence electrons. The fourth-order valence-corrected chi connectivity index (χ4v) is 8.09. The molecule has 6 nitrogen and oxygen atoms in total. The number of allylic oxidation sites excluding steroid dienone is 8. The zero-order valence-electron chi connectivity index (χ0n) is 40.4. The summed E-state index contributed by atoms with van der Waals surface area (Å²) in [6, 6.07) is 0. The van der Waals surface area contributed by atoms with Crippen LogP contribution in [-0.4, -0.2) is 98.7 Å². The monoisotopic (exact) mass is 853 g/mol. The average molecular weight is 853 g/mol. The summed E-state index contributed by atoms with van der Waals surface area (Å²) in [7, 11) is 0. The van der Waals surface area contributed by atoms with Gasteiger partial charge in [0.1, 0.15) is 0 Å². The van der Waals surface area contributed by atoms with E-state index < -0.39 is 11.9 Å². The molecule has 0 aromatic carbocycles. The molecule has 0 radical (unpaired) electrons. The standard InChI is InChI=1S/2C26H49NO2.Ca/c2*1-5-9-11-13-15-17-19-24(7-3)21-27(23-26(28)29)22-25(8-4)20-18-16-14-12-10-6-2;/h2*5-6,9-10,24-25H,7-8,11-23H2,1-4H3,(H,28,29);/q;;+2/p-2/b2*9-5+,10-6+;. The molecule has 0 bridgehead atoms. The van der Waals surface area contributed by atoms with Crippen LogP contribution in [-0.2, 0) is 9.59 Å². The molecule has 0 amide bonds. The van der Waals surface area contributed by atoms with Crippen molar-refractivity contribution in [2.75, 3.05) is 39.3 Å². The van der Waals surface area contributed by atoms with E-state index in [4.69, 9.17) is 0 Å². The van der Waals surface area contributed by atoms with Gasteiger partial charge in [0, 0.05) is 39.3 Å². The topological polar surface area (TPSA) is 86.7 Å². The average Bonchev–Trinajstić information content (AvgIpc) is 3.20. The van der Waals surface area contributed by atoms with Gasteiger partial charge in [0.25, 0.3) is 0 Å². The molecular formula is C52H96CaN2O4. The number of nitrogens with zero attached hydrogens (tertiary/aromatic N) is 2. The number of carboxylic acids is 2. The van der Waals surface area contributed by atoms with Gasteiger partial charge in [-0.2, -0.15) is 0 Å². The zero-order chi connectivity index (χ0) is 43.5. The van der Waals surface area contributed by atoms with Crippen LogP contribution in [0.2, 0.25) is 0 Å². The Labute approximate surface area is 397 Å². The molecule has 7 heteroatoms. The van der Waals surface area contributed by atoms with Gasteiger partial charge in [-0.1, -0.05) is 153 Å². The Balaban J connectivity index is -0.00000105. The molecular weight excluding hydrogens is 757 g/mol. The van der Waals surface area contributed by atoms with E-state index in [-0.39, 0.29) is 50.8 Å². The van der Waals surface area contributed by atoms with E-state index in [9.17, 15) is 19.8 Å². The number of hydrogen-bond acceptors (Lipinski definition) is 6. The predicted molar refractivity (Wildman–Crippen MR) is 255 cm³/mol. The van der Waals surface area contributed by atoms with Gasteiger partial charge in [-0.15, -0.1) is 0 Å². The summed E-state index contributed by atoms with van der Waals surface area (Å²) >= 11 is 0. The van der Waals surface area contributed by atoms with Crippen molar-refractivity contribution < 1.29 is 19.8 Å². The number of carboxylic acid groups (broad SMARTS) is 2. The molecule has 0 heterocycles. The van der Waals surface area contributed by atoms with E-state index in [1.54, 1.807) is 0 Å². The molecule has 0 saturated carbocycles. The number of carbonyl (C=O) groups excluding carboxylic acids is 2. The summed E-state index contributed by atoms with van der Waals surface area (Å²) in [6.45, 7) is 21.0. The van der Waals surface area contributed by atoms with E-state index in [0.29, 0.717) is 23.7 Å². The number of aliphatic carboxylic acids is 2. The fourth-order valence-electron chi connectivity index (χ4n) is 8.09. The van der Waals surface area contributed by atoms with Crippen LogP contribution in [0.15, 0.2) is 48.6 Å². The fraction of sp³-hybridized carbons (Fsp3) is 0.808. The molecule has 0 aliphatic carbocycles. The summed E-state index contributed by atoms with van der Waals surface area (Å²) in [5.74, 6) is 0.493. The van der Waals surface area contributed by atoms with Crippen molar-refractivity contribution in [3.63, 3.8) is 0 Å². The molecule has 0 aliphatic heterocycles. The summed E-state index contributed by atoms with van der Waals surface area (Å²) in [5.41, 5.74) is 0. The van der Waals surface area contributed by atoms with Crippen LogP contribution in [0.5, 0.6) is 0 Å². The maximum atomic E-state index is 11.3. The zero-order valence-corrected chi connectivity index (χ0v) is 42.6. The number of rotatable bonds is 40. The molecule has 4 unspecified atom stereocenters. The van der Waals surface area contributed by atoms with Crippen LogP contribution in [0, 0.1) is 23.7 Å². The van der Waals surface area contributed by atoms with Crippen molar-refractivity contribution in [3.05, 3.63) is 48.6 Å². The Morgan fingerprint density at radius 3 is 0.797 bits per heavy atom. The Kier molecular flexibility index (Phi) is 50.9. The minimum absolute atomic E-state index is 0.